The molecule has 0 radical (unpaired) electrons. The molecule has 2 aromatic rings. The standard InChI is InChI=1S/C16H13Cl2NO2/c1-21-15-12(17)8-11(9-13(15)18)16(20)19-7-6-10-4-2-3-5-14(10)19/h2-5,8-9H,6-7H2,1H3. The van der Waals surface area contributed by atoms with Crippen LogP contribution in [0.15, 0.2) is 36.4 Å². The molecule has 0 saturated carbocycles. The molecule has 5 heteroatoms. The molecule has 1 aliphatic rings. The van der Waals surface area contributed by atoms with Gasteiger partial charge in [-0.25, -0.2) is 0 Å². The first kappa shape index (κ1) is 14.2. The fourth-order valence-electron chi connectivity index (χ4n) is 2.58. The van der Waals surface area contributed by atoms with Crippen LogP contribution in [0.1, 0.15) is 15.9 Å². The molecule has 0 N–H and O–H groups in total. The molecule has 2 aromatic carbocycles. The molecular weight excluding hydrogens is 309 g/mol. The van der Waals surface area contributed by atoms with Crippen LogP contribution in [0, 0.1) is 0 Å². The Bertz CT molecular complexity index is 692. The van der Waals surface area contributed by atoms with Crippen molar-refractivity contribution in [3.8, 4) is 5.75 Å². The highest BCUT2D eigenvalue weighted by atomic mass is 35.5. The number of rotatable bonds is 2. The zero-order valence-corrected chi connectivity index (χ0v) is 12.9. The Hall–Kier alpha value is -1.71. The number of ether oxygens (including phenoxy) is 1. The van der Waals surface area contributed by atoms with E-state index in [0.717, 1.165) is 12.1 Å². The number of methoxy groups -OCH3 is 1. The molecule has 0 unspecified atom stereocenters. The summed E-state index contributed by atoms with van der Waals surface area (Å²) in [7, 11) is 1.49. The van der Waals surface area contributed by atoms with Gasteiger partial charge >= 0.3 is 0 Å². The number of hydrogen-bond donors (Lipinski definition) is 0. The van der Waals surface area contributed by atoms with Crippen LogP contribution in [0.2, 0.25) is 10.0 Å². The first-order valence-electron chi connectivity index (χ1n) is 6.54. The van der Waals surface area contributed by atoms with Crippen LogP contribution in [0.5, 0.6) is 5.75 Å². The predicted molar refractivity (Wildman–Crippen MR) is 84.8 cm³/mol. The Morgan fingerprint density at radius 2 is 1.86 bits per heavy atom. The normalized spacial score (nSPS) is 13.2. The van der Waals surface area contributed by atoms with E-state index in [1.165, 1.54) is 12.7 Å². The van der Waals surface area contributed by atoms with Crippen LogP contribution in [0.25, 0.3) is 0 Å². The van der Waals surface area contributed by atoms with Crippen molar-refractivity contribution in [1.29, 1.82) is 0 Å². The highest BCUT2D eigenvalue weighted by Crippen LogP contribution is 2.35. The van der Waals surface area contributed by atoms with E-state index in [-0.39, 0.29) is 5.91 Å². The summed E-state index contributed by atoms with van der Waals surface area (Å²) in [5.41, 5.74) is 2.59. The minimum Gasteiger partial charge on any atom is -0.494 e. The molecule has 1 amide bonds. The molecule has 0 aromatic heterocycles. The van der Waals surface area contributed by atoms with Crippen LogP contribution in [-0.4, -0.2) is 19.6 Å². The van der Waals surface area contributed by atoms with Gasteiger partial charge in [-0.15, -0.1) is 0 Å². The lowest BCUT2D eigenvalue weighted by Crippen LogP contribution is -2.28. The van der Waals surface area contributed by atoms with E-state index in [4.69, 9.17) is 27.9 Å². The maximum atomic E-state index is 12.7. The molecule has 0 spiro atoms. The van der Waals surface area contributed by atoms with Crippen molar-refractivity contribution in [2.75, 3.05) is 18.6 Å². The van der Waals surface area contributed by atoms with Gasteiger partial charge in [-0.3, -0.25) is 4.79 Å². The molecule has 1 aliphatic heterocycles. The van der Waals surface area contributed by atoms with Crippen LogP contribution in [0.3, 0.4) is 0 Å². The second-order valence-corrected chi connectivity index (χ2v) is 5.62. The highest BCUT2D eigenvalue weighted by Gasteiger charge is 2.26. The van der Waals surface area contributed by atoms with Gasteiger partial charge in [0.2, 0.25) is 0 Å². The summed E-state index contributed by atoms with van der Waals surface area (Å²) in [6, 6.07) is 11.1. The van der Waals surface area contributed by atoms with Gasteiger partial charge in [0.25, 0.3) is 5.91 Å². The van der Waals surface area contributed by atoms with Crippen LogP contribution in [0.4, 0.5) is 5.69 Å². The van der Waals surface area contributed by atoms with Gasteiger partial charge in [0.15, 0.2) is 5.75 Å². The van der Waals surface area contributed by atoms with Gasteiger partial charge in [-0.1, -0.05) is 41.4 Å². The summed E-state index contributed by atoms with van der Waals surface area (Å²) in [6.45, 7) is 0.666. The van der Waals surface area contributed by atoms with Gasteiger partial charge < -0.3 is 9.64 Å². The summed E-state index contributed by atoms with van der Waals surface area (Å²) in [6.07, 6.45) is 0.861. The maximum absolute atomic E-state index is 12.7. The number of carbonyl (C=O) groups excluding carboxylic acids is 1. The fourth-order valence-corrected chi connectivity index (χ4v) is 3.22. The lowest BCUT2D eigenvalue weighted by atomic mass is 10.1. The van der Waals surface area contributed by atoms with Crippen molar-refractivity contribution in [1.82, 2.24) is 0 Å². The lowest BCUT2D eigenvalue weighted by Gasteiger charge is -2.18. The van der Waals surface area contributed by atoms with E-state index >= 15 is 0 Å². The number of benzene rings is 2. The third kappa shape index (κ3) is 2.47. The topological polar surface area (TPSA) is 29.5 Å². The van der Waals surface area contributed by atoms with Crippen LogP contribution in [-0.2, 0) is 6.42 Å². The predicted octanol–water partition coefficient (Wildman–Crippen LogP) is 4.20. The molecule has 21 heavy (non-hydrogen) atoms. The minimum atomic E-state index is -0.105. The highest BCUT2D eigenvalue weighted by molar-refractivity contribution is 6.37. The maximum Gasteiger partial charge on any atom is 0.258 e. The van der Waals surface area contributed by atoms with Gasteiger partial charge in [0.1, 0.15) is 0 Å². The third-order valence-corrected chi connectivity index (χ3v) is 4.14. The molecule has 0 fully saturated rings. The summed E-state index contributed by atoms with van der Waals surface area (Å²) in [5.74, 6) is 0.281. The Balaban J connectivity index is 1.97. The quantitative estimate of drug-likeness (QED) is 0.829. The number of nitrogens with zero attached hydrogens (tertiary/aromatic N) is 1. The van der Waals surface area contributed by atoms with Crippen molar-refractivity contribution in [2.24, 2.45) is 0 Å². The van der Waals surface area contributed by atoms with Gasteiger partial charge in [-0.05, 0) is 30.2 Å². The monoisotopic (exact) mass is 321 g/mol. The van der Waals surface area contributed by atoms with Crippen LogP contribution >= 0.6 is 23.2 Å². The van der Waals surface area contributed by atoms with Crippen molar-refractivity contribution in [3.05, 3.63) is 57.6 Å². The number of halogens is 2. The summed E-state index contributed by atoms with van der Waals surface area (Å²) in [5, 5.41) is 0.668. The first-order valence-corrected chi connectivity index (χ1v) is 7.30. The van der Waals surface area contributed by atoms with Crippen molar-refractivity contribution in [2.45, 2.75) is 6.42 Å². The van der Waals surface area contributed by atoms with E-state index in [1.807, 2.05) is 24.3 Å². The SMILES string of the molecule is COc1c(Cl)cc(C(=O)N2CCc3ccccc32)cc1Cl. The van der Waals surface area contributed by atoms with E-state index in [9.17, 15) is 4.79 Å². The van der Waals surface area contributed by atoms with Crippen molar-refractivity contribution >= 4 is 34.8 Å². The number of carbonyl (C=O) groups is 1. The third-order valence-electron chi connectivity index (χ3n) is 3.58. The van der Waals surface area contributed by atoms with Crippen molar-refractivity contribution in [3.63, 3.8) is 0 Å². The van der Waals surface area contributed by atoms with Crippen LogP contribution < -0.4 is 9.64 Å². The van der Waals surface area contributed by atoms with E-state index in [2.05, 4.69) is 0 Å². The lowest BCUT2D eigenvalue weighted by molar-refractivity contribution is 0.0989. The van der Waals surface area contributed by atoms with Gasteiger partial charge in [0.05, 0.1) is 17.2 Å². The smallest absolute Gasteiger partial charge is 0.258 e. The molecule has 0 bridgehead atoms. The Morgan fingerprint density at radius 1 is 1.19 bits per heavy atom. The van der Waals surface area contributed by atoms with E-state index < -0.39 is 0 Å². The number of amides is 1. The fraction of sp³-hybridized carbons (Fsp3) is 0.188. The largest absolute Gasteiger partial charge is 0.494 e. The van der Waals surface area contributed by atoms with E-state index in [0.29, 0.717) is 27.9 Å². The summed E-state index contributed by atoms with van der Waals surface area (Å²) < 4.78 is 5.10. The van der Waals surface area contributed by atoms with Crippen molar-refractivity contribution < 1.29 is 9.53 Å². The van der Waals surface area contributed by atoms with E-state index in [1.54, 1.807) is 17.0 Å². The minimum absolute atomic E-state index is 0.105. The molecule has 0 atom stereocenters. The molecule has 108 valence electrons. The average Bonchev–Trinajstić information content (AvgIpc) is 2.90. The number of para-hydroxylation sites is 1. The summed E-state index contributed by atoms with van der Waals surface area (Å²) >= 11 is 12.2. The van der Waals surface area contributed by atoms with Gasteiger partial charge in [0, 0.05) is 17.8 Å². The summed E-state index contributed by atoms with van der Waals surface area (Å²) in [4.78, 5) is 14.4. The zero-order valence-electron chi connectivity index (χ0n) is 11.4. The molecule has 1 heterocycles. The zero-order chi connectivity index (χ0) is 15.0. The molecular formula is C16H13Cl2NO2. The second kappa shape index (κ2) is 5.58. The number of anilines is 1. The number of hydrogen-bond acceptors (Lipinski definition) is 2. The molecule has 3 nitrogen and oxygen atoms in total. The first-order chi connectivity index (χ1) is 10.1. The average molecular weight is 322 g/mol. The van der Waals surface area contributed by atoms with Gasteiger partial charge in [-0.2, -0.15) is 0 Å². The second-order valence-electron chi connectivity index (χ2n) is 4.81. The Morgan fingerprint density at radius 3 is 2.52 bits per heavy atom. The molecule has 0 saturated heterocycles. The molecule has 3 rings (SSSR count). The molecule has 0 aliphatic carbocycles. The Kier molecular flexibility index (Phi) is 3.79. The Labute approximate surface area is 133 Å². The number of fused-ring (bicyclic) bond motifs is 1.